The van der Waals surface area contributed by atoms with E-state index in [1.807, 2.05) is 44.2 Å². The number of carbonyl (C=O) groups excluding carboxylic acids is 2. The molecule has 1 aliphatic rings. The van der Waals surface area contributed by atoms with E-state index in [0.29, 0.717) is 12.8 Å². The van der Waals surface area contributed by atoms with E-state index in [4.69, 9.17) is 0 Å². The van der Waals surface area contributed by atoms with E-state index in [-0.39, 0.29) is 43.4 Å². The Hall–Kier alpha value is -2.19. The minimum absolute atomic E-state index is 0.0202. The van der Waals surface area contributed by atoms with Crippen molar-refractivity contribution in [3.63, 3.8) is 0 Å². The fraction of sp³-hybridized carbons (Fsp3) is 0.474. The van der Waals surface area contributed by atoms with Crippen molar-refractivity contribution >= 4 is 27.9 Å². The summed E-state index contributed by atoms with van der Waals surface area (Å²) in [6, 6.07) is 9.24. The zero-order valence-corrected chi connectivity index (χ0v) is 16.5. The summed E-state index contributed by atoms with van der Waals surface area (Å²) >= 11 is 0. The van der Waals surface area contributed by atoms with Crippen molar-refractivity contribution in [3.8, 4) is 0 Å². The molecule has 2 N–H and O–H groups in total. The molecule has 8 heteroatoms. The van der Waals surface area contributed by atoms with Crippen molar-refractivity contribution in [2.75, 3.05) is 19.6 Å². The number of benzene rings is 1. The van der Waals surface area contributed by atoms with Gasteiger partial charge in [0.2, 0.25) is 21.8 Å². The fourth-order valence-electron chi connectivity index (χ4n) is 2.87. The maximum Gasteiger partial charge on any atom is 0.239 e. The van der Waals surface area contributed by atoms with Crippen LogP contribution in [0.25, 0.3) is 6.08 Å². The van der Waals surface area contributed by atoms with Crippen LogP contribution in [0.4, 0.5) is 0 Å². The van der Waals surface area contributed by atoms with Crippen LogP contribution in [0.3, 0.4) is 0 Å². The number of hydrogen-bond acceptors (Lipinski definition) is 4. The van der Waals surface area contributed by atoms with Crippen LogP contribution < -0.4 is 10.6 Å². The van der Waals surface area contributed by atoms with Crippen molar-refractivity contribution < 1.29 is 18.0 Å². The quantitative estimate of drug-likeness (QED) is 0.731. The van der Waals surface area contributed by atoms with Gasteiger partial charge < -0.3 is 10.6 Å². The van der Waals surface area contributed by atoms with E-state index in [0.717, 1.165) is 5.56 Å². The summed E-state index contributed by atoms with van der Waals surface area (Å²) in [5.74, 6) is -0.711. The summed E-state index contributed by atoms with van der Waals surface area (Å²) in [4.78, 5) is 23.8. The molecule has 1 heterocycles. The number of amides is 2. The molecule has 0 unspecified atom stereocenters. The van der Waals surface area contributed by atoms with E-state index in [9.17, 15) is 18.0 Å². The Kier molecular flexibility index (Phi) is 7.55. The third kappa shape index (κ3) is 6.80. The Bertz CT molecular complexity index is 767. The highest BCUT2D eigenvalue weighted by molar-refractivity contribution is 7.92. The van der Waals surface area contributed by atoms with Crippen LogP contribution in [0.1, 0.15) is 32.3 Å². The molecule has 1 saturated heterocycles. The van der Waals surface area contributed by atoms with Gasteiger partial charge in [-0.05, 0) is 38.3 Å². The van der Waals surface area contributed by atoms with E-state index in [1.54, 1.807) is 6.08 Å². The van der Waals surface area contributed by atoms with Crippen LogP contribution in [0.5, 0.6) is 0 Å². The number of carbonyl (C=O) groups is 2. The molecule has 1 aromatic rings. The lowest BCUT2D eigenvalue weighted by Crippen LogP contribution is -2.45. The van der Waals surface area contributed by atoms with Crippen molar-refractivity contribution in [2.45, 2.75) is 32.7 Å². The molecule has 0 bridgehead atoms. The third-order valence-electron chi connectivity index (χ3n) is 4.29. The SMILES string of the molecule is CC(C)NC(=O)CNC(=O)C1CCN(S(=O)(=O)/C=C/c2ccccc2)CC1. The van der Waals surface area contributed by atoms with Gasteiger partial charge in [0.05, 0.1) is 6.54 Å². The number of nitrogens with one attached hydrogen (secondary N) is 2. The standard InChI is InChI=1S/C19H27N3O4S/c1-15(2)21-18(23)14-20-19(24)17-8-11-22(12-9-17)27(25,26)13-10-16-6-4-3-5-7-16/h3-7,10,13,15,17H,8-9,11-12,14H2,1-2H3,(H,20,24)(H,21,23)/b13-10+. The summed E-state index contributed by atoms with van der Waals surface area (Å²) in [6.45, 7) is 4.22. The topological polar surface area (TPSA) is 95.6 Å². The Labute approximate surface area is 160 Å². The zero-order chi connectivity index (χ0) is 19.9. The van der Waals surface area contributed by atoms with E-state index in [2.05, 4.69) is 10.6 Å². The van der Waals surface area contributed by atoms with Crippen LogP contribution in [-0.4, -0.2) is 50.2 Å². The highest BCUT2D eigenvalue weighted by atomic mass is 32.2. The van der Waals surface area contributed by atoms with E-state index < -0.39 is 10.0 Å². The first kappa shape index (κ1) is 21.1. The molecular formula is C19H27N3O4S. The van der Waals surface area contributed by atoms with Crippen molar-refractivity contribution in [2.24, 2.45) is 5.92 Å². The Morgan fingerprint density at radius 2 is 1.81 bits per heavy atom. The van der Waals surface area contributed by atoms with Crippen LogP contribution in [0, 0.1) is 5.92 Å². The number of nitrogens with zero attached hydrogens (tertiary/aromatic N) is 1. The first-order valence-corrected chi connectivity index (χ1v) is 10.6. The van der Waals surface area contributed by atoms with Crippen LogP contribution >= 0.6 is 0 Å². The summed E-state index contributed by atoms with van der Waals surface area (Å²) in [6.07, 6.45) is 2.45. The summed E-state index contributed by atoms with van der Waals surface area (Å²) in [5.41, 5.74) is 0.815. The first-order chi connectivity index (χ1) is 12.8. The lowest BCUT2D eigenvalue weighted by Gasteiger charge is -2.29. The number of sulfonamides is 1. The van der Waals surface area contributed by atoms with Gasteiger partial charge in [0.1, 0.15) is 0 Å². The highest BCUT2D eigenvalue weighted by Gasteiger charge is 2.30. The zero-order valence-electron chi connectivity index (χ0n) is 15.7. The summed E-state index contributed by atoms with van der Waals surface area (Å²) in [5, 5.41) is 6.54. The molecule has 0 atom stereocenters. The maximum atomic E-state index is 12.4. The van der Waals surface area contributed by atoms with Gasteiger partial charge in [0.15, 0.2) is 0 Å². The lowest BCUT2D eigenvalue weighted by molar-refractivity contribution is -0.129. The molecule has 0 saturated carbocycles. The Balaban J connectivity index is 1.82. The number of rotatable bonds is 7. The van der Waals surface area contributed by atoms with Gasteiger partial charge in [-0.25, -0.2) is 8.42 Å². The second kappa shape index (κ2) is 9.66. The number of piperidine rings is 1. The highest BCUT2D eigenvalue weighted by Crippen LogP contribution is 2.21. The van der Waals surface area contributed by atoms with E-state index in [1.165, 1.54) is 9.71 Å². The monoisotopic (exact) mass is 393 g/mol. The Morgan fingerprint density at radius 1 is 1.19 bits per heavy atom. The lowest BCUT2D eigenvalue weighted by atomic mass is 9.97. The van der Waals surface area contributed by atoms with Gasteiger partial charge in [0, 0.05) is 30.5 Å². The van der Waals surface area contributed by atoms with E-state index >= 15 is 0 Å². The first-order valence-electron chi connectivity index (χ1n) is 9.08. The molecule has 0 spiro atoms. The third-order valence-corrected chi connectivity index (χ3v) is 5.85. The van der Waals surface area contributed by atoms with Gasteiger partial charge in [0.25, 0.3) is 0 Å². The van der Waals surface area contributed by atoms with Gasteiger partial charge >= 0.3 is 0 Å². The predicted molar refractivity (Wildman–Crippen MR) is 105 cm³/mol. The molecular weight excluding hydrogens is 366 g/mol. The van der Waals surface area contributed by atoms with Crippen LogP contribution in [0.2, 0.25) is 0 Å². The van der Waals surface area contributed by atoms with Gasteiger partial charge in [-0.2, -0.15) is 4.31 Å². The van der Waals surface area contributed by atoms with Gasteiger partial charge in [-0.15, -0.1) is 0 Å². The molecule has 7 nitrogen and oxygen atoms in total. The van der Waals surface area contributed by atoms with Gasteiger partial charge in [-0.1, -0.05) is 30.3 Å². The minimum Gasteiger partial charge on any atom is -0.352 e. The molecule has 1 fully saturated rings. The molecule has 0 aliphatic carbocycles. The molecule has 0 aromatic heterocycles. The summed E-state index contributed by atoms with van der Waals surface area (Å²) in [7, 11) is -3.51. The van der Waals surface area contributed by atoms with Crippen LogP contribution in [-0.2, 0) is 19.6 Å². The normalized spacial score (nSPS) is 16.6. The smallest absolute Gasteiger partial charge is 0.239 e. The van der Waals surface area contributed by atoms with Crippen molar-refractivity contribution in [1.29, 1.82) is 0 Å². The molecule has 1 aromatic carbocycles. The number of hydrogen-bond donors (Lipinski definition) is 2. The van der Waals surface area contributed by atoms with Crippen molar-refractivity contribution in [3.05, 3.63) is 41.3 Å². The Morgan fingerprint density at radius 3 is 2.41 bits per heavy atom. The summed E-state index contributed by atoms with van der Waals surface area (Å²) < 4.78 is 26.3. The second-order valence-corrected chi connectivity index (χ2v) is 8.69. The largest absolute Gasteiger partial charge is 0.352 e. The molecule has 2 amide bonds. The molecule has 0 radical (unpaired) electrons. The predicted octanol–water partition coefficient (Wildman–Crippen LogP) is 1.34. The van der Waals surface area contributed by atoms with Gasteiger partial charge in [-0.3, -0.25) is 9.59 Å². The molecule has 1 aliphatic heterocycles. The molecule has 148 valence electrons. The average molecular weight is 394 g/mol. The van der Waals surface area contributed by atoms with Crippen LogP contribution in [0.15, 0.2) is 35.7 Å². The van der Waals surface area contributed by atoms with Crippen molar-refractivity contribution in [1.82, 2.24) is 14.9 Å². The average Bonchev–Trinajstić information content (AvgIpc) is 2.65. The fourth-order valence-corrected chi connectivity index (χ4v) is 4.09. The minimum atomic E-state index is -3.51. The second-order valence-electron chi connectivity index (χ2n) is 6.87. The maximum absolute atomic E-state index is 12.4. The molecule has 2 rings (SSSR count). The molecule has 27 heavy (non-hydrogen) atoms.